The molecule has 0 N–H and O–H groups in total. The van der Waals surface area contributed by atoms with Crippen molar-refractivity contribution < 1.29 is 0 Å². The van der Waals surface area contributed by atoms with Gasteiger partial charge in [-0.05, 0) is 148 Å². The normalized spacial score (nSPS) is 12.9. The van der Waals surface area contributed by atoms with Gasteiger partial charge in [-0.15, -0.1) is 22.7 Å². The van der Waals surface area contributed by atoms with E-state index in [0.717, 1.165) is 40.4 Å². The molecule has 0 saturated carbocycles. The number of hydrogen-bond donors (Lipinski definition) is 0. The molecule has 0 aliphatic heterocycles. The Morgan fingerprint density at radius 1 is 0.500 bits per heavy atom. The molecule has 0 spiro atoms. The van der Waals surface area contributed by atoms with E-state index in [1.807, 2.05) is 11.3 Å². The first-order valence-electron chi connectivity index (χ1n) is 21.6. The quantitative estimate of drug-likeness (QED) is 0.136. The van der Waals surface area contributed by atoms with Crippen molar-refractivity contribution in [1.82, 2.24) is 4.57 Å². The number of nitrogens with zero attached hydrogens (tertiary/aromatic N) is 3. The fourth-order valence-corrected chi connectivity index (χ4v) is 11.7. The molecule has 3 nitrogen and oxygen atoms in total. The lowest BCUT2D eigenvalue weighted by Crippen LogP contribution is -2.16. The SMILES string of the molecule is CC(C)Cc1ccc(N(c2ccccc2)c2cc(-c3ccc4c(c3)c3ccccc3n4-c3ccccc3)cc(N(c3ccc4c(c3)C(C)(C)c3ccccc3-4)c3cccs3)c2)s1. The molecule has 62 heavy (non-hydrogen) atoms. The van der Waals surface area contributed by atoms with E-state index < -0.39 is 0 Å². The van der Waals surface area contributed by atoms with Crippen molar-refractivity contribution in [2.45, 2.75) is 39.5 Å². The average Bonchev–Trinajstić information content (AvgIpc) is 4.10. The van der Waals surface area contributed by atoms with Crippen LogP contribution in [0.2, 0.25) is 0 Å². The molecule has 1 aliphatic rings. The highest BCUT2D eigenvalue weighted by atomic mass is 32.1. The lowest BCUT2D eigenvalue weighted by molar-refractivity contribution is 0.654. The molecule has 7 aromatic carbocycles. The Morgan fingerprint density at radius 2 is 1.19 bits per heavy atom. The summed E-state index contributed by atoms with van der Waals surface area (Å²) in [4.78, 5) is 6.32. The molecule has 0 fully saturated rings. The van der Waals surface area contributed by atoms with E-state index in [1.165, 1.54) is 64.5 Å². The van der Waals surface area contributed by atoms with Gasteiger partial charge in [-0.25, -0.2) is 0 Å². The van der Waals surface area contributed by atoms with Crippen molar-refractivity contribution in [3.63, 3.8) is 0 Å². The zero-order chi connectivity index (χ0) is 42.0. The van der Waals surface area contributed by atoms with Crippen LogP contribution in [0.1, 0.15) is 43.7 Å². The molecule has 11 rings (SSSR count). The molecule has 0 radical (unpaired) electrons. The van der Waals surface area contributed by atoms with E-state index in [2.05, 4.69) is 235 Å². The Labute approximate surface area is 372 Å². The minimum Gasteiger partial charge on any atom is -0.309 e. The maximum absolute atomic E-state index is 2.47. The predicted molar refractivity (Wildman–Crippen MR) is 267 cm³/mol. The minimum atomic E-state index is -0.124. The third-order valence-electron chi connectivity index (χ3n) is 12.5. The van der Waals surface area contributed by atoms with E-state index in [-0.39, 0.29) is 5.41 Å². The second-order valence-corrected chi connectivity index (χ2v) is 19.4. The van der Waals surface area contributed by atoms with Gasteiger partial charge in [-0.3, -0.25) is 0 Å². The van der Waals surface area contributed by atoms with Gasteiger partial charge in [0.15, 0.2) is 0 Å². The number of para-hydroxylation sites is 3. The van der Waals surface area contributed by atoms with Crippen LogP contribution in [0.25, 0.3) is 49.7 Å². The molecule has 1 aliphatic carbocycles. The summed E-state index contributed by atoms with van der Waals surface area (Å²) >= 11 is 3.67. The molecule has 0 bridgehead atoms. The lowest BCUT2D eigenvalue weighted by Gasteiger charge is -2.30. The van der Waals surface area contributed by atoms with E-state index in [4.69, 9.17) is 0 Å². The molecule has 5 heteroatoms. The molecule has 0 unspecified atom stereocenters. The van der Waals surface area contributed by atoms with Gasteiger partial charge in [0.2, 0.25) is 0 Å². The second-order valence-electron chi connectivity index (χ2n) is 17.4. The predicted octanol–water partition coefficient (Wildman–Crippen LogP) is 17.0. The Kier molecular flexibility index (Phi) is 9.48. The Balaban J connectivity index is 1.15. The number of fused-ring (bicyclic) bond motifs is 6. The highest BCUT2D eigenvalue weighted by molar-refractivity contribution is 7.16. The molecule has 0 amide bonds. The largest absolute Gasteiger partial charge is 0.309 e. The van der Waals surface area contributed by atoms with Crippen molar-refractivity contribution in [2.75, 3.05) is 9.80 Å². The fourth-order valence-electron chi connectivity index (χ4n) is 9.64. The summed E-state index contributed by atoms with van der Waals surface area (Å²) in [5.74, 6) is 0.578. The van der Waals surface area contributed by atoms with Crippen LogP contribution in [0.3, 0.4) is 0 Å². The van der Waals surface area contributed by atoms with Crippen LogP contribution in [-0.2, 0) is 11.8 Å². The lowest BCUT2D eigenvalue weighted by atomic mass is 9.82. The van der Waals surface area contributed by atoms with Crippen LogP contribution in [0.4, 0.5) is 32.8 Å². The summed E-state index contributed by atoms with van der Waals surface area (Å²) in [6.45, 7) is 9.34. The van der Waals surface area contributed by atoms with Crippen molar-refractivity contribution in [1.29, 1.82) is 0 Å². The van der Waals surface area contributed by atoms with Gasteiger partial charge in [-0.2, -0.15) is 0 Å². The third kappa shape index (κ3) is 6.55. The van der Waals surface area contributed by atoms with Crippen LogP contribution < -0.4 is 9.80 Å². The van der Waals surface area contributed by atoms with Gasteiger partial charge < -0.3 is 14.4 Å². The Morgan fingerprint density at radius 3 is 1.97 bits per heavy atom. The Hall–Kier alpha value is -6.66. The number of hydrogen-bond acceptors (Lipinski definition) is 4. The summed E-state index contributed by atoms with van der Waals surface area (Å²) in [7, 11) is 0. The van der Waals surface area contributed by atoms with E-state index in [1.54, 1.807) is 11.3 Å². The molecule has 302 valence electrons. The van der Waals surface area contributed by atoms with Crippen molar-refractivity contribution in [2.24, 2.45) is 5.92 Å². The first-order chi connectivity index (χ1) is 30.3. The molecule has 0 saturated heterocycles. The van der Waals surface area contributed by atoms with Crippen molar-refractivity contribution >= 4 is 77.2 Å². The van der Waals surface area contributed by atoms with Crippen LogP contribution >= 0.6 is 22.7 Å². The maximum Gasteiger partial charge on any atom is 0.100 e. The third-order valence-corrected chi connectivity index (χ3v) is 14.4. The van der Waals surface area contributed by atoms with Gasteiger partial charge in [0.05, 0.1) is 16.0 Å². The van der Waals surface area contributed by atoms with Crippen LogP contribution in [0.5, 0.6) is 0 Å². The fraction of sp³-hybridized carbons (Fsp3) is 0.123. The molecule has 3 aromatic heterocycles. The smallest absolute Gasteiger partial charge is 0.100 e. The highest BCUT2D eigenvalue weighted by Gasteiger charge is 2.36. The summed E-state index contributed by atoms with van der Waals surface area (Å²) < 4.78 is 2.39. The van der Waals surface area contributed by atoms with E-state index in [9.17, 15) is 0 Å². The molecule has 10 aromatic rings. The van der Waals surface area contributed by atoms with Crippen LogP contribution in [0, 0.1) is 5.92 Å². The number of aromatic nitrogens is 1. The van der Waals surface area contributed by atoms with Gasteiger partial charge >= 0.3 is 0 Å². The topological polar surface area (TPSA) is 11.4 Å². The minimum absolute atomic E-state index is 0.124. The summed E-state index contributed by atoms with van der Waals surface area (Å²) in [6.07, 6.45) is 1.06. The molecular formula is C57H47N3S2. The first kappa shape index (κ1) is 38.3. The van der Waals surface area contributed by atoms with Gasteiger partial charge in [0, 0.05) is 49.5 Å². The average molecular weight is 838 g/mol. The summed E-state index contributed by atoms with van der Waals surface area (Å²) in [5, 5.41) is 7.05. The zero-order valence-electron chi connectivity index (χ0n) is 35.4. The van der Waals surface area contributed by atoms with Crippen LogP contribution in [0.15, 0.2) is 193 Å². The monoisotopic (exact) mass is 837 g/mol. The summed E-state index contributed by atoms with van der Waals surface area (Å²) in [5.41, 5.74) is 15.7. The van der Waals surface area contributed by atoms with Crippen LogP contribution in [-0.4, -0.2) is 4.57 Å². The molecule has 3 heterocycles. The molecule has 0 atom stereocenters. The second kappa shape index (κ2) is 15.4. The number of anilines is 6. The highest BCUT2D eigenvalue weighted by Crippen LogP contribution is 2.52. The zero-order valence-corrected chi connectivity index (χ0v) is 37.1. The number of rotatable bonds is 10. The van der Waals surface area contributed by atoms with Gasteiger partial charge in [0.1, 0.15) is 5.00 Å². The number of thiophene rings is 2. The maximum atomic E-state index is 2.47. The number of benzene rings is 7. The molecular weight excluding hydrogens is 791 g/mol. The van der Waals surface area contributed by atoms with Gasteiger partial charge in [-0.1, -0.05) is 119 Å². The Bertz CT molecular complexity index is 3230. The van der Waals surface area contributed by atoms with E-state index in [0.29, 0.717) is 5.92 Å². The van der Waals surface area contributed by atoms with E-state index >= 15 is 0 Å². The summed E-state index contributed by atoms with van der Waals surface area (Å²) in [6, 6.07) is 69.7. The van der Waals surface area contributed by atoms with Crippen molar-refractivity contribution in [3.05, 3.63) is 209 Å². The van der Waals surface area contributed by atoms with Crippen molar-refractivity contribution in [3.8, 4) is 27.9 Å². The standard InChI is InChI=1S/C57H47N3S2/c1-38(2)32-46-27-30-56(62-46)58(41-16-7-5-8-17-41)44-33-40(39-25-29-54-50(35-39)49-21-12-14-23-53(49)60(54)42-18-9-6-10-19-42)34-45(36-44)59(55-24-15-31-61-55)43-26-28-48-47-20-11-13-22-51(47)57(3,4)52(48)37-43/h5-31,33-38H,32H2,1-4H3. The van der Waals surface area contributed by atoms with Gasteiger partial charge in [0.25, 0.3) is 0 Å². The first-order valence-corrected chi connectivity index (χ1v) is 23.3.